The Hall–Kier alpha value is -1.61. The van der Waals surface area contributed by atoms with Crippen LogP contribution in [0.1, 0.15) is 21.5 Å². The summed E-state index contributed by atoms with van der Waals surface area (Å²) in [6, 6.07) is 13.4. The molecule has 2 nitrogen and oxygen atoms in total. The first kappa shape index (κ1) is 13.8. The van der Waals surface area contributed by atoms with Crippen LogP contribution in [-0.4, -0.2) is 12.9 Å². The number of ether oxygens (including phenoxy) is 1. The summed E-state index contributed by atoms with van der Waals surface area (Å²) in [6.07, 6.45) is 0.362. The molecule has 0 heterocycles. The zero-order valence-corrected chi connectivity index (χ0v) is 12.5. The van der Waals surface area contributed by atoms with Crippen molar-refractivity contribution >= 4 is 21.7 Å². The van der Waals surface area contributed by atoms with Crippen LogP contribution < -0.4 is 4.74 Å². The number of rotatable bonds is 4. The summed E-state index contributed by atoms with van der Waals surface area (Å²) in [4.78, 5) is 12.4. The van der Waals surface area contributed by atoms with Gasteiger partial charge in [-0.3, -0.25) is 4.79 Å². The van der Waals surface area contributed by atoms with Crippen LogP contribution >= 0.6 is 15.9 Å². The Labute approximate surface area is 121 Å². The van der Waals surface area contributed by atoms with Gasteiger partial charge in [-0.1, -0.05) is 45.8 Å². The summed E-state index contributed by atoms with van der Waals surface area (Å²) in [7, 11) is 1.58. The quantitative estimate of drug-likeness (QED) is 0.790. The second-order valence-corrected chi connectivity index (χ2v) is 5.25. The zero-order valence-electron chi connectivity index (χ0n) is 10.9. The highest BCUT2D eigenvalue weighted by molar-refractivity contribution is 9.10. The van der Waals surface area contributed by atoms with E-state index in [0.717, 1.165) is 15.6 Å². The third-order valence-electron chi connectivity index (χ3n) is 2.96. The molecule has 2 rings (SSSR count). The third kappa shape index (κ3) is 3.24. The molecule has 0 aromatic heterocycles. The van der Waals surface area contributed by atoms with Gasteiger partial charge in [0.15, 0.2) is 5.78 Å². The molecule has 0 aliphatic carbocycles. The van der Waals surface area contributed by atoms with E-state index < -0.39 is 0 Å². The molecule has 0 spiro atoms. The first-order valence-electron chi connectivity index (χ1n) is 6.03. The molecule has 98 valence electrons. The molecule has 0 aliphatic heterocycles. The second kappa shape index (κ2) is 6.02. The molecule has 2 aromatic carbocycles. The van der Waals surface area contributed by atoms with Crippen LogP contribution in [0.25, 0.3) is 0 Å². The molecule has 0 saturated heterocycles. The lowest BCUT2D eigenvalue weighted by molar-refractivity contribution is 0.0990. The largest absolute Gasteiger partial charge is 0.496 e. The first-order valence-corrected chi connectivity index (χ1v) is 6.82. The molecule has 0 aliphatic rings. The Morgan fingerprint density at radius 1 is 1.21 bits per heavy atom. The lowest BCUT2D eigenvalue weighted by Gasteiger charge is -2.09. The Bertz CT molecular complexity index is 605. The minimum atomic E-state index is 0.0625. The Morgan fingerprint density at radius 2 is 1.95 bits per heavy atom. The van der Waals surface area contributed by atoms with E-state index >= 15 is 0 Å². The van der Waals surface area contributed by atoms with Crippen LogP contribution in [0.5, 0.6) is 5.75 Å². The van der Waals surface area contributed by atoms with Gasteiger partial charge in [0.1, 0.15) is 5.75 Å². The molecule has 0 N–H and O–H groups in total. The summed E-state index contributed by atoms with van der Waals surface area (Å²) in [5.74, 6) is 0.690. The number of carbonyl (C=O) groups is 1. The Kier molecular flexibility index (Phi) is 4.38. The van der Waals surface area contributed by atoms with Gasteiger partial charge in [-0.2, -0.15) is 0 Å². The summed E-state index contributed by atoms with van der Waals surface area (Å²) < 4.78 is 6.21. The highest BCUT2D eigenvalue weighted by Gasteiger charge is 2.14. The van der Waals surface area contributed by atoms with E-state index in [1.165, 1.54) is 0 Å². The smallest absolute Gasteiger partial charge is 0.171 e. The van der Waals surface area contributed by atoms with Crippen LogP contribution in [0.4, 0.5) is 0 Å². The zero-order chi connectivity index (χ0) is 13.8. The van der Waals surface area contributed by atoms with Gasteiger partial charge in [-0.05, 0) is 30.7 Å². The van der Waals surface area contributed by atoms with Crippen molar-refractivity contribution in [2.24, 2.45) is 0 Å². The Balaban J connectivity index is 2.30. The second-order valence-electron chi connectivity index (χ2n) is 4.40. The lowest BCUT2D eigenvalue weighted by atomic mass is 10.0. The van der Waals surface area contributed by atoms with Gasteiger partial charge in [-0.15, -0.1) is 0 Å². The van der Waals surface area contributed by atoms with E-state index in [2.05, 4.69) is 15.9 Å². The molecule has 0 radical (unpaired) electrons. The summed E-state index contributed by atoms with van der Waals surface area (Å²) in [5, 5.41) is 0. The number of ketones is 1. The maximum Gasteiger partial charge on any atom is 0.171 e. The van der Waals surface area contributed by atoms with Gasteiger partial charge < -0.3 is 4.74 Å². The van der Waals surface area contributed by atoms with Gasteiger partial charge in [0.25, 0.3) is 0 Å². The number of methoxy groups -OCH3 is 1. The third-order valence-corrected chi connectivity index (χ3v) is 3.74. The molecule has 0 fully saturated rings. The average molecular weight is 319 g/mol. The highest BCUT2D eigenvalue weighted by atomic mass is 79.9. The van der Waals surface area contributed by atoms with Crippen LogP contribution in [-0.2, 0) is 6.42 Å². The fraction of sp³-hybridized carbons (Fsp3) is 0.188. The van der Waals surface area contributed by atoms with E-state index in [4.69, 9.17) is 4.74 Å². The van der Waals surface area contributed by atoms with Crippen molar-refractivity contribution in [3.8, 4) is 5.75 Å². The van der Waals surface area contributed by atoms with Crippen molar-refractivity contribution in [2.45, 2.75) is 13.3 Å². The van der Waals surface area contributed by atoms with Crippen LogP contribution in [0.2, 0.25) is 0 Å². The number of halogens is 1. The normalized spacial score (nSPS) is 10.3. The number of carbonyl (C=O) groups excluding carboxylic acids is 1. The van der Waals surface area contributed by atoms with Gasteiger partial charge >= 0.3 is 0 Å². The summed E-state index contributed by atoms with van der Waals surface area (Å²) in [5.41, 5.74) is 2.67. The van der Waals surface area contributed by atoms with Gasteiger partial charge in [0.05, 0.1) is 12.7 Å². The van der Waals surface area contributed by atoms with Crippen molar-refractivity contribution in [1.29, 1.82) is 0 Å². The minimum absolute atomic E-state index is 0.0625. The van der Waals surface area contributed by atoms with Crippen molar-refractivity contribution in [3.05, 3.63) is 63.6 Å². The fourth-order valence-corrected chi connectivity index (χ4v) is 2.37. The Morgan fingerprint density at radius 3 is 2.63 bits per heavy atom. The van der Waals surface area contributed by atoms with E-state index in [9.17, 15) is 4.79 Å². The lowest BCUT2D eigenvalue weighted by Crippen LogP contribution is -2.06. The first-order chi connectivity index (χ1) is 9.11. The molecular formula is C16H15BrO2. The molecule has 3 heteroatoms. The van der Waals surface area contributed by atoms with E-state index in [0.29, 0.717) is 17.7 Å². The van der Waals surface area contributed by atoms with Gasteiger partial charge in [0.2, 0.25) is 0 Å². The number of hydrogen-bond acceptors (Lipinski definition) is 2. The van der Waals surface area contributed by atoms with E-state index in [1.54, 1.807) is 7.11 Å². The van der Waals surface area contributed by atoms with Crippen LogP contribution in [0.3, 0.4) is 0 Å². The minimum Gasteiger partial charge on any atom is -0.496 e. The predicted octanol–water partition coefficient (Wildman–Crippen LogP) is 4.19. The van der Waals surface area contributed by atoms with Gasteiger partial charge in [-0.25, -0.2) is 0 Å². The maximum absolute atomic E-state index is 12.4. The van der Waals surface area contributed by atoms with E-state index in [-0.39, 0.29) is 5.78 Å². The van der Waals surface area contributed by atoms with Crippen LogP contribution in [0, 0.1) is 6.92 Å². The van der Waals surface area contributed by atoms with Crippen molar-refractivity contribution < 1.29 is 9.53 Å². The standard InChI is InChI=1S/C16H15BrO2/c1-11-7-8-16(19-2)13(9-11)15(18)10-12-5-3-4-6-14(12)17/h3-9H,10H2,1-2H3. The SMILES string of the molecule is COc1ccc(C)cc1C(=O)Cc1ccccc1Br. The molecular weight excluding hydrogens is 304 g/mol. The van der Waals surface area contributed by atoms with Crippen LogP contribution in [0.15, 0.2) is 46.9 Å². The molecule has 19 heavy (non-hydrogen) atoms. The molecule has 0 saturated carbocycles. The molecule has 2 aromatic rings. The predicted molar refractivity (Wildman–Crippen MR) is 79.9 cm³/mol. The molecule has 0 bridgehead atoms. The number of benzene rings is 2. The molecule has 0 atom stereocenters. The monoisotopic (exact) mass is 318 g/mol. The number of hydrogen-bond donors (Lipinski definition) is 0. The fourth-order valence-electron chi connectivity index (χ4n) is 1.95. The van der Waals surface area contributed by atoms with E-state index in [1.807, 2.05) is 49.4 Å². The van der Waals surface area contributed by atoms with Crippen molar-refractivity contribution in [2.75, 3.05) is 7.11 Å². The summed E-state index contributed by atoms with van der Waals surface area (Å²) >= 11 is 3.46. The average Bonchev–Trinajstić information content (AvgIpc) is 2.41. The maximum atomic E-state index is 12.4. The molecule has 0 amide bonds. The highest BCUT2D eigenvalue weighted by Crippen LogP contribution is 2.23. The topological polar surface area (TPSA) is 26.3 Å². The summed E-state index contributed by atoms with van der Waals surface area (Å²) in [6.45, 7) is 1.97. The van der Waals surface area contributed by atoms with Gasteiger partial charge in [0, 0.05) is 10.9 Å². The molecule has 0 unspecified atom stereocenters. The van der Waals surface area contributed by atoms with Crippen molar-refractivity contribution in [3.63, 3.8) is 0 Å². The number of aryl methyl sites for hydroxylation is 1. The number of Topliss-reactive ketones (excluding diaryl/α,β-unsaturated/α-hetero) is 1. The van der Waals surface area contributed by atoms with Crippen molar-refractivity contribution in [1.82, 2.24) is 0 Å².